The summed E-state index contributed by atoms with van der Waals surface area (Å²) < 4.78 is 0. The second-order valence-electron chi connectivity index (χ2n) is 5.05. The fourth-order valence-electron chi connectivity index (χ4n) is 2.42. The quantitative estimate of drug-likeness (QED) is 0.879. The van der Waals surface area contributed by atoms with Crippen LogP contribution in [0, 0.1) is 11.3 Å². The molecule has 96 valence electrons. The number of nitriles is 1. The molecule has 0 amide bonds. The zero-order valence-electron chi connectivity index (χ0n) is 11.1. The first-order chi connectivity index (χ1) is 8.70. The van der Waals surface area contributed by atoms with Crippen LogP contribution in [0.3, 0.4) is 0 Å². The van der Waals surface area contributed by atoms with Gasteiger partial charge in [-0.05, 0) is 45.4 Å². The Balaban J connectivity index is 2.15. The van der Waals surface area contributed by atoms with Gasteiger partial charge in [-0.15, -0.1) is 0 Å². The van der Waals surface area contributed by atoms with E-state index in [0.717, 1.165) is 18.8 Å². The minimum absolute atomic E-state index is 0.418. The predicted molar refractivity (Wildman–Crippen MR) is 72.5 cm³/mol. The van der Waals surface area contributed by atoms with Crippen LogP contribution in [0.1, 0.15) is 32.4 Å². The molecule has 1 atom stereocenters. The first-order valence-corrected chi connectivity index (χ1v) is 6.57. The number of pyridine rings is 1. The summed E-state index contributed by atoms with van der Waals surface area (Å²) in [6, 6.07) is 6.93. The Bertz CT molecular complexity index is 430. The molecule has 18 heavy (non-hydrogen) atoms. The Kier molecular flexibility index (Phi) is 4.16. The van der Waals surface area contributed by atoms with E-state index in [9.17, 15) is 0 Å². The summed E-state index contributed by atoms with van der Waals surface area (Å²) in [4.78, 5) is 6.37. The van der Waals surface area contributed by atoms with E-state index in [2.05, 4.69) is 35.1 Å². The Labute approximate surface area is 109 Å². The van der Waals surface area contributed by atoms with Crippen molar-refractivity contribution in [3.8, 4) is 6.07 Å². The molecular weight excluding hydrogens is 224 g/mol. The summed E-state index contributed by atoms with van der Waals surface area (Å²) in [5, 5.41) is 12.4. The van der Waals surface area contributed by atoms with Crippen molar-refractivity contribution in [2.75, 3.05) is 18.0 Å². The zero-order valence-corrected chi connectivity index (χ0v) is 11.1. The summed E-state index contributed by atoms with van der Waals surface area (Å²) in [7, 11) is 0. The molecule has 2 heterocycles. The highest BCUT2D eigenvalue weighted by molar-refractivity contribution is 5.49. The van der Waals surface area contributed by atoms with Gasteiger partial charge >= 0.3 is 0 Å². The summed E-state index contributed by atoms with van der Waals surface area (Å²) in [5.74, 6) is 0. The third-order valence-corrected chi connectivity index (χ3v) is 3.39. The van der Waals surface area contributed by atoms with Crippen molar-refractivity contribution in [3.05, 3.63) is 24.0 Å². The normalized spacial score (nSPS) is 18.9. The third kappa shape index (κ3) is 2.99. The monoisotopic (exact) mass is 244 g/mol. The maximum absolute atomic E-state index is 8.92. The fourth-order valence-corrected chi connectivity index (χ4v) is 2.42. The molecule has 1 aliphatic heterocycles. The molecule has 0 spiro atoms. The van der Waals surface area contributed by atoms with Crippen molar-refractivity contribution in [2.45, 2.75) is 38.8 Å². The average Bonchev–Trinajstić information content (AvgIpc) is 2.88. The lowest BCUT2D eigenvalue weighted by Crippen LogP contribution is -2.41. The lowest BCUT2D eigenvalue weighted by molar-refractivity contribution is 0.552. The van der Waals surface area contributed by atoms with Gasteiger partial charge in [-0.2, -0.15) is 5.26 Å². The van der Waals surface area contributed by atoms with Crippen LogP contribution in [-0.2, 0) is 0 Å². The Morgan fingerprint density at radius 2 is 2.44 bits per heavy atom. The van der Waals surface area contributed by atoms with Gasteiger partial charge in [-0.25, -0.2) is 4.98 Å². The third-order valence-electron chi connectivity index (χ3n) is 3.39. The molecule has 1 fully saturated rings. The molecular formula is C14H20N4. The molecule has 0 aliphatic carbocycles. The number of hydrogen-bond donors (Lipinski definition) is 1. The van der Waals surface area contributed by atoms with Crippen LogP contribution in [0.2, 0.25) is 0 Å². The van der Waals surface area contributed by atoms with E-state index >= 15 is 0 Å². The first-order valence-electron chi connectivity index (χ1n) is 6.57. The van der Waals surface area contributed by atoms with E-state index in [1.807, 2.05) is 12.1 Å². The molecule has 0 bridgehead atoms. The minimum atomic E-state index is 0.418. The van der Waals surface area contributed by atoms with Crippen LogP contribution >= 0.6 is 0 Å². The van der Waals surface area contributed by atoms with Gasteiger partial charge in [0, 0.05) is 30.5 Å². The fraction of sp³-hybridized carbons (Fsp3) is 0.571. The second-order valence-corrected chi connectivity index (χ2v) is 5.05. The summed E-state index contributed by atoms with van der Waals surface area (Å²) in [6.45, 7) is 6.48. The Morgan fingerprint density at radius 1 is 1.61 bits per heavy atom. The van der Waals surface area contributed by atoms with E-state index < -0.39 is 0 Å². The van der Waals surface area contributed by atoms with Crippen LogP contribution in [0.25, 0.3) is 0 Å². The van der Waals surface area contributed by atoms with Crippen molar-refractivity contribution in [1.82, 2.24) is 10.3 Å². The maximum Gasteiger partial charge on any atom is 0.142 e. The molecule has 1 aromatic rings. The second kappa shape index (κ2) is 5.83. The summed E-state index contributed by atoms with van der Waals surface area (Å²) in [6.07, 6.45) is 4.21. The van der Waals surface area contributed by atoms with Crippen molar-refractivity contribution in [2.24, 2.45) is 0 Å². The maximum atomic E-state index is 8.92. The molecule has 2 rings (SSSR count). The topological polar surface area (TPSA) is 52.0 Å². The predicted octanol–water partition coefficient (Wildman–Crippen LogP) is 1.92. The van der Waals surface area contributed by atoms with Crippen molar-refractivity contribution in [1.29, 1.82) is 5.26 Å². The van der Waals surface area contributed by atoms with Gasteiger partial charge in [0.15, 0.2) is 0 Å². The van der Waals surface area contributed by atoms with E-state index in [1.165, 1.54) is 12.8 Å². The molecule has 1 N–H and O–H groups in total. The highest BCUT2D eigenvalue weighted by Crippen LogP contribution is 2.19. The van der Waals surface area contributed by atoms with Crippen molar-refractivity contribution >= 4 is 5.69 Å². The molecule has 1 unspecified atom stereocenters. The van der Waals surface area contributed by atoms with Crippen LogP contribution < -0.4 is 10.2 Å². The number of hydrogen-bond acceptors (Lipinski definition) is 4. The van der Waals surface area contributed by atoms with E-state index in [0.29, 0.717) is 17.8 Å². The number of anilines is 1. The van der Waals surface area contributed by atoms with Gasteiger partial charge < -0.3 is 10.2 Å². The Hall–Kier alpha value is -1.60. The zero-order chi connectivity index (χ0) is 13.0. The largest absolute Gasteiger partial charge is 0.367 e. The average molecular weight is 244 g/mol. The van der Waals surface area contributed by atoms with Gasteiger partial charge in [-0.1, -0.05) is 0 Å². The van der Waals surface area contributed by atoms with Gasteiger partial charge in [-0.3, -0.25) is 0 Å². The summed E-state index contributed by atoms with van der Waals surface area (Å²) in [5.41, 5.74) is 1.57. The lowest BCUT2D eigenvalue weighted by Gasteiger charge is -2.31. The molecule has 4 nitrogen and oxygen atoms in total. The molecule has 1 aliphatic rings. The highest BCUT2D eigenvalue weighted by Gasteiger charge is 2.20. The molecule has 1 aromatic heterocycles. The standard InChI is InChI=1S/C14H20N4/c1-11(2)18(10-12-4-3-6-16-12)14-5-7-17-13(8-14)9-15/h5,7-8,11-12,16H,3-4,6,10H2,1-2H3. The molecule has 0 radical (unpaired) electrons. The Morgan fingerprint density at radius 3 is 3.06 bits per heavy atom. The van der Waals surface area contributed by atoms with Crippen LogP contribution in [0.4, 0.5) is 5.69 Å². The van der Waals surface area contributed by atoms with Crippen molar-refractivity contribution < 1.29 is 0 Å². The molecule has 4 heteroatoms. The van der Waals surface area contributed by atoms with Gasteiger partial charge in [0.05, 0.1) is 0 Å². The van der Waals surface area contributed by atoms with Crippen molar-refractivity contribution in [3.63, 3.8) is 0 Å². The first kappa shape index (κ1) is 12.8. The van der Waals surface area contributed by atoms with E-state index in [4.69, 9.17) is 5.26 Å². The number of aromatic nitrogens is 1. The molecule has 0 aromatic carbocycles. The van der Waals surface area contributed by atoms with Crippen LogP contribution in [-0.4, -0.2) is 30.2 Å². The van der Waals surface area contributed by atoms with E-state index in [1.54, 1.807) is 6.20 Å². The van der Waals surface area contributed by atoms with Crippen LogP contribution in [0.15, 0.2) is 18.3 Å². The smallest absolute Gasteiger partial charge is 0.142 e. The minimum Gasteiger partial charge on any atom is -0.367 e. The number of nitrogens with one attached hydrogen (secondary N) is 1. The van der Waals surface area contributed by atoms with Crippen LogP contribution in [0.5, 0.6) is 0 Å². The molecule has 0 saturated carbocycles. The molecule has 1 saturated heterocycles. The van der Waals surface area contributed by atoms with E-state index in [-0.39, 0.29) is 0 Å². The lowest BCUT2D eigenvalue weighted by atomic mass is 10.1. The van der Waals surface area contributed by atoms with Gasteiger partial charge in [0.25, 0.3) is 0 Å². The SMILES string of the molecule is CC(C)N(CC1CCCN1)c1ccnc(C#N)c1. The highest BCUT2D eigenvalue weighted by atomic mass is 15.2. The number of rotatable bonds is 4. The van der Waals surface area contributed by atoms with Gasteiger partial charge in [0.1, 0.15) is 11.8 Å². The number of nitrogens with zero attached hydrogens (tertiary/aromatic N) is 3. The summed E-state index contributed by atoms with van der Waals surface area (Å²) >= 11 is 0. The van der Waals surface area contributed by atoms with Gasteiger partial charge in [0.2, 0.25) is 0 Å².